The van der Waals surface area contributed by atoms with Crippen LogP contribution in [-0.2, 0) is 26.7 Å². The lowest BCUT2D eigenvalue weighted by molar-refractivity contribution is 0.566. The molecule has 19 heavy (non-hydrogen) atoms. The molecule has 0 unspecified atom stereocenters. The quantitative estimate of drug-likeness (QED) is 0.865. The Morgan fingerprint density at radius 3 is 2.63 bits per heavy atom. The van der Waals surface area contributed by atoms with Gasteiger partial charge in [-0.1, -0.05) is 13.8 Å². The first-order valence-electron chi connectivity index (χ1n) is 6.86. The van der Waals surface area contributed by atoms with Crippen molar-refractivity contribution < 1.29 is 0 Å². The van der Waals surface area contributed by atoms with Gasteiger partial charge in [0.2, 0.25) is 0 Å². The van der Waals surface area contributed by atoms with Crippen LogP contribution in [0.3, 0.4) is 0 Å². The molecule has 0 aromatic carbocycles. The van der Waals surface area contributed by atoms with Gasteiger partial charge >= 0.3 is 0 Å². The van der Waals surface area contributed by atoms with Crippen LogP contribution in [0.2, 0.25) is 0 Å². The summed E-state index contributed by atoms with van der Waals surface area (Å²) >= 11 is 0. The molecule has 0 aliphatic carbocycles. The Bertz CT molecular complexity index is 524. The van der Waals surface area contributed by atoms with Crippen LogP contribution < -0.4 is 5.32 Å². The third-order valence-corrected chi connectivity index (χ3v) is 3.30. The molecule has 0 aliphatic heterocycles. The number of hydrogen-bond donors (Lipinski definition) is 1. The van der Waals surface area contributed by atoms with Crippen molar-refractivity contribution in [2.24, 2.45) is 7.05 Å². The largest absolute Gasteiger partial charge is 0.306 e. The van der Waals surface area contributed by atoms with Gasteiger partial charge in [0, 0.05) is 32.9 Å². The van der Waals surface area contributed by atoms with E-state index < -0.39 is 0 Å². The van der Waals surface area contributed by atoms with E-state index in [1.54, 1.807) is 0 Å². The van der Waals surface area contributed by atoms with Gasteiger partial charge < -0.3 is 5.32 Å². The highest BCUT2D eigenvalue weighted by atomic mass is 15.3. The lowest BCUT2D eigenvalue weighted by Gasteiger charge is -2.06. The van der Waals surface area contributed by atoms with Gasteiger partial charge in [0.15, 0.2) is 0 Å². The van der Waals surface area contributed by atoms with E-state index in [-0.39, 0.29) is 0 Å². The summed E-state index contributed by atoms with van der Waals surface area (Å²) in [6, 6.07) is 4.23. The number of aryl methyl sites for hydroxylation is 2. The van der Waals surface area contributed by atoms with Gasteiger partial charge in [-0.15, -0.1) is 0 Å². The molecule has 0 saturated heterocycles. The Hall–Kier alpha value is -1.62. The maximum atomic E-state index is 4.52. The van der Waals surface area contributed by atoms with E-state index in [4.69, 9.17) is 0 Å². The van der Waals surface area contributed by atoms with Gasteiger partial charge in [0.05, 0.1) is 17.1 Å². The minimum Gasteiger partial charge on any atom is -0.306 e. The zero-order chi connectivity index (χ0) is 13.8. The normalized spacial score (nSPS) is 11.4. The van der Waals surface area contributed by atoms with Crippen molar-refractivity contribution in [3.8, 4) is 0 Å². The van der Waals surface area contributed by atoms with Crippen molar-refractivity contribution in [3.63, 3.8) is 0 Å². The number of nitrogens with zero attached hydrogens (tertiary/aromatic N) is 4. The van der Waals surface area contributed by atoms with Crippen LogP contribution >= 0.6 is 0 Å². The van der Waals surface area contributed by atoms with Crippen molar-refractivity contribution in [3.05, 3.63) is 35.4 Å². The first kappa shape index (κ1) is 13.8. The van der Waals surface area contributed by atoms with Crippen LogP contribution in [0, 0.1) is 0 Å². The molecule has 2 aromatic rings. The summed E-state index contributed by atoms with van der Waals surface area (Å²) in [6.07, 6.45) is 1.85. The van der Waals surface area contributed by atoms with E-state index in [9.17, 15) is 0 Å². The van der Waals surface area contributed by atoms with Gasteiger partial charge in [-0.25, -0.2) is 0 Å². The molecular formula is C14H23N5. The summed E-state index contributed by atoms with van der Waals surface area (Å²) < 4.78 is 3.97. The minimum atomic E-state index is 0.474. The second kappa shape index (κ2) is 6.02. The fourth-order valence-corrected chi connectivity index (χ4v) is 2.09. The van der Waals surface area contributed by atoms with Crippen LogP contribution in [0.4, 0.5) is 0 Å². The molecule has 0 spiro atoms. The first-order valence-corrected chi connectivity index (χ1v) is 6.86. The Labute approximate surface area is 114 Å². The van der Waals surface area contributed by atoms with Gasteiger partial charge in [-0.2, -0.15) is 10.2 Å². The average Bonchev–Trinajstić information content (AvgIpc) is 2.96. The molecule has 5 heteroatoms. The van der Waals surface area contributed by atoms with E-state index in [2.05, 4.69) is 48.4 Å². The predicted molar refractivity (Wildman–Crippen MR) is 75.7 cm³/mol. The maximum Gasteiger partial charge on any atom is 0.0653 e. The molecule has 0 saturated carbocycles. The summed E-state index contributed by atoms with van der Waals surface area (Å²) in [6.45, 7) is 9.00. The second-order valence-electron chi connectivity index (χ2n) is 5.08. The smallest absolute Gasteiger partial charge is 0.0653 e. The molecule has 5 nitrogen and oxygen atoms in total. The molecule has 0 aliphatic rings. The molecule has 2 aromatic heterocycles. The van der Waals surface area contributed by atoms with Crippen LogP contribution in [0.15, 0.2) is 18.3 Å². The predicted octanol–water partition coefficient (Wildman–Crippen LogP) is 2.05. The molecule has 0 fully saturated rings. The topological polar surface area (TPSA) is 47.7 Å². The number of nitrogens with one attached hydrogen (secondary N) is 1. The zero-order valence-corrected chi connectivity index (χ0v) is 12.2. The van der Waals surface area contributed by atoms with Gasteiger partial charge in [-0.05, 0) is 25.0 Å². The van der Waals surface area contributed by atoms with Gasteiger partial charge in [0.25, 0.3) is 0 Å². The molecule has 104 valence electrons. The summed E-state index contributed by atoms with van der Waals surface area (Å²) in [4.78, 5) is 0. The summed E-state index contributed by atoms with van der Waals surface area (Å²) in [5.41, 5.74) is 3.58. The van der Waals surface area contributed by atoms with Crippen LogP contribution in [-0.4, -0.2) is 19.6 Å². The summed E-state index contributed by atoms with van der Waals surface area (Å²) in [5, 5.41) is 12.2. The molecule has 1 N–H and O–H groups in total. The number of aromatic nitrogens is 4. The Morgan fingerprint density at radius 1 is 1.26 bits per heavy atom. The SMILES string of the molecule is CCn1nccc1CNCc1cc(C(C)C)nn1C. The minimum absolute atomic E-state index is 0.474. The molecule has 0 atom stereocenters. The van der Waals surface area contributed by atoms with Crippen LogP contribution in [0.5, 0.6) is 0 Å². The number of hydrogen-bond acceptors (Lipinski definition) is 3. The van der Waals surface area contributed by atoms with Crippen molar-refractivity contribution in [1.82, 2.24) is 24.9 Å². The second-order valence-corrected chi connectivity index (χ2v) is 5.08. The average molecular weight is 261 g/mol. The van der Waals surface area contributed by atoms with Crippen LogP contribution in [0.25, 0.3) is 0 Å². The van der Waals surface area contributed by atoms with Gasteiger partial charge in [0.1, 0.15) is 0 Å². The fourth-order valence-electron chi connectivity index (χ4n) is 2.09. The van der Waals surface area contributed by atoms with E-state index in [0.717, 1.165) is 25.3 Å². The molecule has 0 radical (unpaired) electrons. The Kier molecular flexibility index (Phi) is 4.37. The monoisotopic (exact) mass is 261 g/mol. The third kappa shape index (κ3) is 3.23. The fraction of sp³-hybridized carbons (Fsp3) is 0.571. The van der Waals surface area contributed by atoms with Crippen LogP contribution in [0.1, 0.15) is 43.8 Å². The van der Waals surface area contributed by atoms with Crippen molar-refractivity contribution in [2.75, 3.05) is 0 Å². The first-order chi connectivity index (χ1) is 9.11. The maximum absolute atomic E-state index is 4.52. The lowest BCUT2D eigenvalue weighted by atomic mass is 10.1. The van der Waals surface area contributed by atoms with E-state index in [0.29, 0.717) is 5.92 Å². The highest BCUT2D eigenvalue weighted by molar-refractivity contribution is 5.13. The molecule has 0 amide bonds. The third-order valence-electron chi connectivity index (χ3n) is 3.30. The zero-order valence-electron chi connectivity index (χ0n) is 12.2. The van der Waals surface area contributed by atoms with Crippen molar-refractivity contribution >= 4 is 0 Å². The standard InChI is InChI=1S/C14H23N5/c1-5-19-12(6-7-16-19)9-15-10-13-8-14(11(2)3)17-18(13)4/h6-8,11,15H,5,9-10H2,1-4H3. The highest BCUT2D eigenvalue weighted by Crippen LogP contribution is 2.13. The Morgan fingerprint density at radius 2 is 2.00 bits per heavy atom. The molecule has 2 heterocycles. The van der Waals surface area contributed by atoms with Crippen molar-refractivity contribution in [2.45, 2.75) is 46.3 Å². The van der Waals surface area contributed by atoms with E-state index >= 15 is 0 Å². The highest BCUT2D eigenvalue weighted by Gasteiger charge is 2.08. The van der Waals surface area contributed by atoms with Gasteiger partial charge in [-0.3, -0.25) is 9.36 Å². The molecule has 2 rings (SSSR count). The Balaban J connectivity index is 1.92. The summed E-state index contributed by atoms with van der Waals surface area (Å²) in [7, 11) is 2.00. The van der Waals surface area contributed by atoms with Crippen molar-refractivity contribution in [1.29, 1.82) is 0 Å². The lowest BCUT2D eigenvalue weighted by Crippen LogP contribution is -2.17. The summed E-state index contributed by atoms with van der Waals surface area (Å²) in [5.74, 6) is 0.474. The number of rotatable bonds is 6. The van der Waals surface area contributed by atoms with E-state index in [1.807, 2.05) is 22.6 Å². The van der Waals surface area contributed by atoms with E-state index in [1.165, 1.54) is 11.4 Å². The molecular weight excluding hydrogens is 238 g/mol. The molecule has 0 bridgehead atoms.